The summed E-state index contributed by atoms with van der Waals surface area (Å²) in [6, 6.07) is 13.6. The number of ether oxygens (including phenoxy) is 1. The van der Waals surface area contributed by atoms with Gasteiger partial charge in [-0.1, -0.05) is 24.3 Å². The minimum atomic E-state index is 0.362. The van der Waals surface area contributed by atoms with Gasteiger partial charge in [-0.2, -0.15) is 0 Å². The summed E-state index contributed by atoms with van der Waals surface area (Å²) < 4.78 is 5.91. The molecule has 0 aliphatic rings. The Balaban J connectivity index is 2.08. The third kappa shape index (κ3) is 2.45. The Hall–Kier alpha value is -2.13. The van der Waals surface area contributed by atoms with E-state index in [4.69, 9.17) is 16.3 Å². The molecule has 2 heterocycles. The van der Waals surface area contributed by atoms with Gasteiger partial charge in [0.15, 0.2) is 5.75 Å². The second-order valence-electron chi connectivity index (χ2n) is 4.48. The summed E-state index contributed by atoms with van der Waals surface area (Å²) >= 11 is 5.91. The number of benzene rings is 1. The summed E-state index contributed by atoms with van der Waals surface area (Å²) in [6.07, 6.45) is 1.69. The number of aryl methyl sites for hydroxylation is 1. The van der Waals surface area contributed by atoms with Crippen molar-refractivity contribution in [1.82, 2.24) is 9.97 Å². The molecule has 0 N–H and O–H groups in total. The van der Waals surface area contributed by atoms with E-state index in [-0.39, 0.29) is 0 Å². The first kappa shape index (κ1) is 12.9. The van der Waals surface area contributed by atoms with Crippen molar-refractivity contribution in [2.45, 2.75) is 12.8 Å². The van der Waals surface area contributed by atoms with Gasteiger partial charge in [-0.3, -0.25) is 0 Å². The number of halogens is 1. The van der Waals surface area contributed by atoms with Crippen LogP contribution in [0.25, 0.3) is 10.9 Å². The molecule has 100 valence electrons. The smallest absolute Gasteiger partial charge is 0.223 e. The highest BCUT2D eigenvalue weighted by atomic mass is 35.5. The van der Waals surface area contributed by atoms with Crippen LogP contribution in [-0.4, -0.2) is 9.97 Å². The number of pyridine rings is 2. The van der Waals surface area contributed by atoms with Gasteiger partial charge in [0.1, 0.15) is 5.52 Å². The predicted octanol–water partition coefficient (Wildman–Crippen LogP) is 4.47. The van der Waals surface area contributed by atoms with Crippen molar-refractivity contribution in [3.05, 3.63) is 59.9 Å². The maximum atomic E-state index is 5.91. The topological polar surface area (TPSA) is 35.0 Å². The minimum Gasteiger partial charge on any atom is -0.436 e. The van der Waals surface area contributed by atoms with Crippen molar-refractivity contribution in [3.63, 3.8) is 0 Å². The summed E-state index contributed by atoms with van der Waals surface area (Å²) in [4.78, 5) is 8.78. The number of fused-ring (bicyclic) bond motifs is 1. The standard InChI is InChI=1S/C16H13ClN2O/c1-11-7-8-12-4-2-6-14(15(12)19-11)20-16-13(10-17)5-3-9-18-16/h2-9H,10H2,1H3. The molecule has 3 rings (SSSR count). The fourth-order valence-electron chi connectivity index (χ4n) is 2.02. The SMILES string of the molecule is Cc1ccc2cccc(Oc3ncccc3CCl)c2n1. The van der Waals surface area contributed by atoms with Crippen LogP contribution < -0.4 is 4.74 Å². The summed E-state index contributed by atoms with van der Waals surface area (Å²) in [5.41, 5.74) is 2.64. The molecule has 2 aromatic heterocycles. The summed E-state index contributed by atoms with van der Waals surface area (Å²) in [5, 5.41) is 1.04. The van der Waals surface area contributed by atoms with Crippen LogP contribution in [0.15, 0.2) is 48.7 Å². The first-order valence-electron chi connectivity index (χ1n) is 6.32. The van der Waals surface area contributed by atoms with Crippen LogP contribution in [-0.2, 0) is 5.88 Å². The lowest BCUT2D eigenvalue weighted by Gasteiger charge is -2.10. The number of aromatic nitrogens is 2. The molecule has 3 aromatic rings. The highest BCUT2D eigenvalue weighted by molar-refractivity contribution is 6.17. The maximum absolute atomic E-state index is 5.91. The molecule has 0 amide bonds. The van der Waals surface area contributed by atoms with E-state index >= 15 is 0 Å². The zero-order valence-electron chi connectivity index (χ0n) is 11.0. The van der Waals surface area contributed by atoms with E-state index in [0.29, 0.717) is 17.5 Å². The summed E-state index contributed by atoms with van der Waals surface area (Å²) in [6.45, 7) is 1.96. The first-order valence-corrected chi connectivity index (χ1v) is 6.85. The van der Waals surface area contributed by atoms with E-state index in [1.807, 2.05) is 49.4 Å². The van der Waals surface area contributed by atoms with Crippen LogP contribution in [0.5, 0.6) is 11.6 Å². The molecule has 0 saturated heterocycles. The highest BCUT2D eigenvalue weighted by Crippen LogP contribution is 2.29. The normalized spacial score (nSPS) is 10.7. The van der Waals surface area contributed by atoms with Crippen molar-refractivity contribution < 1.29 is 4.74 Å². The van der Waals surface area contributed by atoms with Gasteiger partial charge in [-0.15, -0.1) is 11.6 Å². The molecule has 1 aromatic carbocycles. The number of hydrogen-bond donors (Lipinski definition) is 0. The Bertz CT molecular complexity index is 758. The van der Waals surface area contributed by atoms with E-state index < -0.39 is 0 Å². The van der Waals surface area contributed by atoms with Gasteiger partial charge in [0.25, 0.3) is 0 Å². The second kappa shape index (κ2) is 5.47. The van der Waals surface area contributed by atoms with Gasteiger partial charge >= 0.3 is 0 Å². The Kier molecular flexibility index (Phi) is 3.52. The number of nitrogens with zero attached hydrogens (tertiary/aromatic N) is 2. The van der Waals surface area contributed by atoms with Crippen molar-refractivity contribution in [2.75, 3.05) is 0 Å². The average molecular weight is 285 g/mol. The molecule has 0 aliphatic heterocycles. The van der Waals surface area contributed by atoms with Crippen LogP contribution in [0.3, 0.4) is 0 Å². The van der Waals surface area contributed by atoms with Crippen LogP contribution in [0.2, 0.25) is 0 Å². The van der Waals surface area contributed by atoms with Gasteiger partial charge < -0.3 is 4.74 Å². The van der Waals surface area contributed by atoms with Gasteiger partial charge in [0.05, 0.1) is 5.88 Å². The largest absolute Gasteiger partial charge is 0.436 e. The molecule has 0 bridgehead atoms. The lowest BCUT2D eigenvalue weighted by molar-refractivity contribution is 0.462. The Morgan fingerprint density at radius 2 is 2.00 bits per heavy atom. The molecule has 0 saturated carbocycles. The molecule has 0 atom stereocenters. The lowest BCUT2D eigenvalue weighted by Crippen LogP contribution is -1.94. The van der Waals surface area contributed by atoms with Gasteiger partial charge in [-0.25, -0.2) is 9.97 Å². The van der Waals surface area contributed by atoms with Crippen molar-refractivity contribution in [3.8, 4) is 11.6 Å². The van der Waals surface area contributed by atoms with E-state index in [2.05, 4.69) is 9.97 Å². The molecule has 0 fully saturated rings. The fourth-order valence-corrected chi connectivity index (χ4v) is 2.23. The number of hydrogen-bond acceptors (Lipinski definition) is 3. The molecular weight excluding hydrogens is 272 g/mol. The molecule has 0 aliphatic carbocycles. The van der Waals surface area contributed by atoms with Crippen LogP contribution in [0.4, 0.5) is 0 Å². The molecule has 0 unspecified atom stereocenters. The summed E-state index contributed by atoms with van der Waals surface area (Å²) in [5.74, 6) is 1.58. The fraction of sp³-hybridized carbons (Fsp3) is 0.125. The Labute approximate surface area is 122 Å². The molecule has 4 heteroatoms. The minimum absolute atomic E-state index is 0.362. The molecule has 0 spiro atoms. The summed E-state index contributed by atoms with van der Waals surface area (Å²) in [7, 11) is 0. The quantitative estimate of drug-likeness (QED) is 0.666. The van der Waals surface area contributed by atoms with E-state index in [1.54, 1.807) is 6.20 Å². The molecular formula is C16H13ClN2O. The average Bonchev–Trinajstić information content (AvgIpc) is 2.48. The zero-order valence-corrected chi connectivity index (χ0v) is 11.8. The van der Waals surface area contributed by atoms with E-state index in [1.165, 1.54) is 0 Å². The number of rotatable bonds is 3. The predicted molar refractivity (Wildman–Crippen MR) is 80.3 cm³/mol. The first-order chi connectivity index (χ1) is 9.78. The number of alkyl halides is 1. The van der Waals surface area contributed by atoms with Crippen LogP contribution in [0.1, 0.15) is 11.3 Å². The molecule has 20 heavy (non-hydrogen) atoms. The van der Waals surface area contributed by atoms with Gasteiger partial charge in [0, 0.05) is 22.8 Å². The number of para-hydroxylation sites is 1. The third-order valence-electron chi connectivity index (χ3n) is 3.02. The third-order valence-corrected chi connectivity index (χ3v) is 3.31. The van der Waals surface area contributed by atoms with E-state index in [9.17, 15) is 0 Å². The molecule has 0 radical (unpaired) electrons. The zero-order chi connectivity index (χ0) is 13.9. The van der Waals surface area contributed by atoms with Gasteiger partial charge in [-0.05, 0) is 25.1 Å². The monoisotopic (exact) mass is 284 g/mol. The van der Waals surface area contributed by atoms with E-state index in [0.717, 1.165) is 22.2 Å². The molecule has 3 nitrogen and oxygen atoms in total. The second-order valence-corrected chi connectivity index (χ2v) is 4.75. The Morgan fingerprint density at radius 3 is 2.85 bits per heavy atom. The Morgan fingerprint density at radius 1 is 1.10 bits per heavy atom. The van der Waals surface area contributed by atoms with Gasteiger partial charge in [0.2, 0.25) is 5.88 Å². The highest BCUT2D eigenvalue weighted by Gasteiger charge is 2.09. The maximum Gasteiger partial charge on any atom is 0.223 e. The van der Waals surface area contributed by atoms with Crippen molar-refractivity contribution in [2.24, 2.45) is 0 Å². The van der Waals surface area contributed by atoms with Crippen LogP contribution in [0, 0.1) is 6.92 Å². The van der Waals surface area contributed by atoms with Crippen molar-refractivity contribution >= 4 is 22.5 Å². The van der Waals surface area contributed by atoms with Crippen LogP contribution >= 0.6 is 11.6 Å². The van der Waals surface area contributed by atoms with Crippen molar-refractivity contribution in [1.29, 1.82) is 0 Å². The lowest BCUT2D eigenvalue weighted by atomic mass is 10.2.